The van der Waals surface area contributed by atoms with Gasteiger partial charge in [-0.05, 0) is 31.4 Å². The van der Waals surface area contributed by atoms with Gasteiger partial charge in [0.1, 0.15) is 5.82 Å². The van der Waals surface area contributed by atoms with E-state index in [4.69, 9.17) is 5.73 Å². The summed E-state index contributed by atoms with van der Waals surface area (Å²) in [6.45, 7) is 4.66. The number of nitrogens with one attached hydrogen (secondary N) is 2. The number of anilines is 1. The molecule has 0 saturated heterocycles. The van der Waals surface area contributed by atoms with Crippen molar-refractivity contribution in [1.82, 2.24) is 10.3 Å². The van der Waals surface area contributed by atoms with E-state index < -0.39 is 0 Å². The molecule has 0 bridgehead atoms. The molecule has 100 valence electrons. The number of aromatic nitrogens is 1. The molecular formula is C13H23N5. The molecule has 0 fully saturated rings. The standard InChI is InChI=1S/C13H23N5/c1-2-8-17-13(14)18-11-6-5-10-16-12-7-3-4-9-15-12/h3-4,7,9H,2,5-6,8,10-11H2,1H3,(H,15,16)(H3,14,17,18). The SMILES string of the molecule is CCCN=C(N)NCCCCNc1ccccn1. The summed E-state index contributed by atoms with van der Waals surface area (Å²) < 4.78 is 0. The lowest BCUT2D eigenvalue weighted by atomic mass is 10.3. The number of unbranched alkanes of at least 4 members (excludes halogenated alkanes) is 1. The number of guanidine groups is 1. The monoisotopic (exact) mass is 249 g/mol. The zero-order valence-electron chi connectivity index (χ0n) is 11.0. The molecule has 0 saturated carbocycles. The minimum Gasteiger partial charge on any atom is -0.370 e. The number of nitrogens with zero attached hydrogens (tertiary/aromatic N) is 2. The average molecular weight is 249 g/mol. The van der Waals surface area contributed by atoms with Crippen LogP contribution in [0.5, 0.6) is 0 Å². The Morgan fingerprint density at radius 2 is 2.17 bits per heavy atom. The second-order valence-electron chi connectivity index (χ2n) is 4.04. The molecule has 5 nitrogen and oxygen atoms in total. The molecule has 0 spiro atoms. The number of aliphatic imine (C=N–C) groups is 1. The van der Waals surface area contributed by atoms with E-state index in [9.17, 15) is 0 Å². The molecule has 0 unspecified atom stereocenters. The Kier molecular flexibility index (Phi) is 7.36. The van der Waals surface area contributed by atoms with Gasteiger partial charge in [0.05, 0.1) is 0 Å². The van der Waals surface area contributed by atoms with Crippen LogP contribution in [-0.2, 0) is 0 Å². The van der Waals surface area contributed by atoms with E-state index in [1.165, 1.54) is 0 Å². The number of nitrogens with two attached hydrogens (primary N) is 1. The van der Waals surface area contributed by atoms with E-state index in [0.717, 1.165) is 44.7 Å². The number of rotatable bonds is 8. The van der Waals surface area contributed by atoms with Gasteiger partial charge in [-0.25, -0.2) is 4.98 Å². The van der Waals surface area contributed by atoms with E-state index in [2.05, 4.69) is 27.5 Å². The van der Waals surface area contributed by atoms with Crippen molar-refractivity contribution in [2.24, 2.45) is 10.7 Å². The summed E-state index contributed by atoms with van der Waals surface area (Å²) in [5, 5.41) is 6.37. The molecular weight excluding hydrogens is 226 g/mol. The van der Waals surface area contributed by atoms with Gasteiger partial charge in [0, 0.05) is 25.8 Å². The molecule has 4 N–H and O–H groups in total. The third-order valence-electron chi connectivity index (χ3n) is 2.39. The summed E-state index contributed by atoms with van der Waals surface area (Å²) in [5.74, 6) is 1.48. The quantitative estimate of drug-likeness (QED) is 0.371. The zero-order valence-corrected chi connectivity index (χ0v) is 11.0. The lowest BCUT2D eigenvalue weighted by Crippen LogP contribution is -2.32. The van der Waals surface area contributed by atoms with Gasteiger partial charge >= 0.3 is 0 Å². The normalized spacial score (nSPS) is 11.3. The van der Waals surface area contributed by atoms with Crippen LogP contribution in [0, 0.1) is 0 Å². The first kappa shape index (κ1) is 14.3. The van der Waals surface area contributed by atoms with Gasteiger partial charge in [0.25, 0.3) is 0 Å². The van der Waals surface area contributed by atoms with Crippen LogP contribution in [0.3, 0.4) is 0 Å². The van der Waals surface area contributed by atoms with Gasteiger partial charge in [-0.1, -0.05) is 13.0 Å². The van der Waals surface area contributed by atoms with Crippen molar-refractivity contribution in [2.75, 3.05) is 25.0 Å². The van der Waals surface area contributed by atoms with E-state index >= 15 is 0 Å². The molecule has 18 heavy (non-hydrogen) atoms. The second kappa shape index (κ2) is 9.27. The zero-order chi connectivity index (χ0) is 13.1. The van der Waals surface area contributed by atoms with Crippen LogP contribution in [0.1, 0.15) is 26.2 Å². The Bertz CT molecular complexity index is 336. The van der Waals surface area contributed by atoms with E-state index in [1.807, 2.05) is 18.2 Å². The first-order chi connectivity index (χ1) is 8.83. The van der Waals surface area contributed by atoms with E-state index in [-0.39, 0.29) is 0 Å². The highest BCUT2D eigenvalue weighted by atomic mass is 15.1. The first-order valence-electron chi connectivity index (χ1n) is 6.51. The molecule has 1 rings (SSSR count). The topological polar surface area (TPSA) is 75.3 Å². The summed E-state index contributed by atoms with van der Waals surface area (Å²) >= 11 is 0. The Morgan fingerprint density at radius 3 is 2.89 bits per heavy atom. The molecule has 5 heteroatoms. The fraction of sp³-hybridized carbons (Fsp3) is 0.538. The van der Waals surface area contributed by atoms with Crippen molar-refractivity contribution in [3.8, 4) is 0 Å². The minimum absolute atomic E-state index is 0.550. The summed E-state index contributed by atoms with van der Waals surface area (Å²) in [6.07, 6.45) is 4.94. The predicted molar refractivity (Wildman–Crippen MR) is 76.7 cm³/mol. The van der Waals surface area contributed by atoms with Gasteiger partial charge in [0.2, 0.25) is 0 Å². The van der Waals surface area contributed by atoms with Gasteiger partial charge in [0.15, 0.2) is 5.96 Å². The Balaban J connectivity index is 1.99. The van der Waals surface area contributed by atoms with Crippen molar-refractivity contribution in [2.45, 2.75) is 26.2 Å². The molecule has 1 aromatic heterocycles. The van der Waals surface area contributed by atoms with Crippen LogP contribution < -0.4 is 16.4 Å². The van der Waals surface area contributed by atoms with Crippen LogP contribution in [-0.4, -0.2) is 30.6 Å². The lowest BCUT2D eigenvalue weighted by molar-refractivity contribution is 0.725. The third-order valence-corrected chi connectivity index (χ3v) is 2.39. The van der Waals surface area contributed by atoms with Crippen LogP contribution in [0.25, 0.3) is 0 Å². The first-order valence-corrected chi connectivity index (χ1v) is 6.51. The smallest absolute Gasteiger partial charge is 0.188 e. The van der Waals surface area contributed by atoms with Crippen molar-refractivity contribution in [3.63, 3.8) is 0 Å². The molecule has 0 aliphatic rings. The van der Waals surface area contributed by atoms with Crippen LogP contribution >= 0.6 is 0 Å². The average Bonchev–Trinajstić information content (AvgIpc) is 2.41. The lowest BCUT2D eigenvalue weighted by Gasteiger charge is -2.06. The number of pyridine rings is 1. The maximum Gasteiger partial charge on any atom is 0.188 e. The molecule has 0 aliphatic heterocycles. The largest absolute Gasteiger partial charge is 0.370 e. The van der Waals surface area contributed by atoms with Gasteiger partial charge in [-0.2, -0.15) is 0 Å². The van der Waals surface area contributed by atoms with Crippen LogP contribution in [0.15, 0.2) is 29.4 Å². The second-order valence-corrected chi connectivity index (χ2v) is 4.04. The van der Waals surface area contributed by atoms with Crippen LogP contribution in [0.2, 0.25) is 0 Å². The van der Waals surface area contributed by atoms with E-state index in [1.54, 1.807) is 6.20 Å². The Morgan fingerprint density at radius 1 is 1.33 bits per heavy atom. The summed E-state index contributed by atoms with van der Waals surface area (Å²) in [4.78, 5) is 8.36. The maximum atomic E-state index is 5.68. The van der Waals surface area contributed by atoms with Crippen molar-refractivity contribution >= 4 is 11.8 Å². The Labute approximate surface area is 109 Å². The van der Waals surface area contributed by atoms with Crippen molar-refractivity contribution < 1.29 is 0 Å². The highest BCUT2D eigenvalue weighted by Gasteiger charge is 1.93. The molecule has 0 radical (unpaired) electrons. The molecule has 0 aromatic carbocycles. The van der Waals surface area contributed by atoms with Gasteiger partial charge < -0.3 is 16.4 Å². The van der Waals surface area contributed by atoms with Gasteiger partial charge in [-0.15, -0.1) is 0 Å². The van der Waals surface area contributed by atoms with Crippen LogP contribution in [0.4, 0.5) is 5.82 Å². The maximum absolute atomic E-state index is 5.68. The fourth-order valence-electron chi connectivity index (χ4n) is 1.44. The minimum atomic E-state index is 0.550. The molecule has 0 amide bonds. The highest BCUT2D eigenvalue weighted by molar-refractivity contribution is 5.77. The third kappa shape index (κ3) is 6.73. The Hall–Kier alpha value is -1.78. The summed E-state index contributed by atoms with van der Waals surface area (Å²) in [7, 11) is 0. The number of hydrogen-bond acceptors (Lipinski definition) is 3. The van der Waals surface area contributed by atoms with E-state index in [0.29, 0.717) is 5.96 Å². The summed E-state index contributed by atoms with van der Waals surface area (Å²) in [6, 6.07) is 5.85. The fourth-order valence-corrected chi connectivity index (χ4v) is 1.44. The van der Waals surface area contributed by atoms with Gasteiger partial charge in [-0.3, -0.25) is 4.99 Å². The van der Waals surface area contributed by atoms with Crippen molar-refractivity contribution in [3.05, 3.63) is 24.4 Å². The molecule has 1 heterocycles. The number of hydrogen-bond donors (Lipinski definition) is 3. The highest BCUT2D eigenvalue weighted by Crippen LogP contribution is 1.99. The predicted octanol–water partition coefficient (Wildman–Crippen LogP) is 1.59. The molecule has 0 aliphatic carbocycles. The van der Waals surface area contributed by atoms with Crippen molar-refractivity contribution in [1.29, 1.82) is 0 Å². The molecule has 0 atom stereocenters. The molecule has 1 aromatic rings. The summed E-state index contributed by atoms with van der Waals surface area (Å²) in [5.41, 5.74) is 5.68.